The molecule has 0 saturated heterocycles. The Labute approximate surface area is 131 Å². The van der Waals surface area contributed by atoms with E-state index in [0.717, 1.165) is 0 Å². The van der Waals surface area contributed by atoms with Gasteiger partial charge in [-0.25, -0.2) is 13.9 Å². The molecule has 2 aromatic carbocycles. The number of ether oxygens (including phenoxy) is 1. The van der Waals surface area contributed by atoms with E-state index in [4.69, 9.17) is 4.74 Å². The van der Waals surface area contributed by atoms with E-state index in [1.165, 1.54) is 22.9 Å². The molecule has 6 heteroatoms. The van der Waals surface area contributed by atoms with E-state index in [1.54, 1.807) is 43.5 Å². The van der Waals surface area contributed by atoms with Crippen molar-refractivity contribution in [3.63, 3.8) is 0 Å². The summed E-state index contributed by atoms with van der Waals surface area (Å²) in [7, 11) is 1.55. The molecule has 5 nitrogen and oxygen atoms in total. The fourth-order valence-electron chi connectivity index (χ4n) is 2.25. The zero-order valence-corrected chi connectivity index (χ0v) is 12.2. The molecule has 116 valence electrons. The van der Waals surface area contributed by atoms with Crippen molar-refractivity contribution in [2.45, 2.75) is 0 Å². The number of methoxy groups -OCH3 is 1. The summed E-state index contributed by atoms with van der Waals surface area (Å²) in [5.41, 5.74) is 1.77. The minimum absolute atomic E-state index is 0.0906. The predicted octanol–water partition coefficient (Wildman–Crippen LogP) is 3.39. The third kappa shape index (κ3) is 2.91. The lowest BCUT2D eigenvalue weighted by Gasteiger charge is -2.09. The van der Waals surface area contributed by atoms with E-state index in [9.17, 15) is 14.3 Å². The summed E-state index contributed by atoms with van der Waals surface area (Å²) in [5, 5.41) is 13.3. The van der Waals surface area contributed by atoms with Crippen molar-refractivity contribution in [1.29, 1.82) is 0 Å². The van der Waals surface area contributed by atoms with Crippen LogP contribution in [0.4, 0.5) is 4.39 Å². The van der Waals surface area contributed by atoms with Crippen molar-refractivity contribution in [3.8, 4) is 22.7 Å². The van der Waals surface area contributed by atoms with E-state index in [0.29, 0.717) is 22.7 Å². The van der Waals surface area contributed by atoms with Gasteiger partial charge >= 0.3 is 5.97 Å². The zero-order chi connectivity index (χ0) is 16.4. The molecule has 0 spiro atoms. The molecule has 0 bridgehead atoms. The van der Waals surface area contributed by atoms with Crippen LogP contribution in [0, 0.1) is 5.82 Å². The first-order valence-corrected chi connectivity index (χ1v) is 6.82. The monoisotopic (exact) mass is 312 g/mol. The average molecular weight is 312 g/mol. The normalized spacial score (nSPS) is 10.5. The summed E-state index contributed by atoms with van der Waals surface area (Å²) in [4.78, 5) is 11.2. The topological polar surface area (TPSA) is 64.4 Å². The van der Waals surface area contributed by atoms with Gasteiger partial charge in [-0.2, -0.15) is 5.10 Å². The number of hydrogen-bond acceptors (Lipinski definition) is 3. The third-order valence-corrected chi connectivity index (χ3v) is 3.37. The van der Waals surface area contributed by atoms with Crippen molar-refractivity contribution >= 4 is 5.97 Å². The van der Waals surface area contributed by atoms with Crippen LogP contribution in [0.5, 0.6) is 5.75 Å². The van der Waals surface area contributed by atoms with Gasteiger partial charge < -0.3 is 9.84 Å². The molecule has 0 amide bonds. The predicted molar refractivity (Wildman–Crippen MR) is 82.5 cm³/mol. The fourth-order valence-corrected chi connectivity index (χ4v) is 2.25. The Bertz CT molecular complexity index is 857. The van der Waals surface area contributed by atoms with E-state index in [-0.39, 0.29) is 11.5 Å². The molecule has 0 saturated carbocycles. The highest BCUT2D eigenvalue weighted by Gasteiger charge is 2.16. The van der Waals surface area contributed by atoms with Crippen molar-refractivity contribution in [3.05, 3.63) is 66.1 Å². The Morgan fingerprint density at radius 3 is 2.57 bits per heavy atom. The summed E-state index contributed by atoms with van der Waals surface area (Å²) in [5.74, 6) is -0.866. The Hall–Kier alpha value is -3.15. The van der Waals surface area contributed by atoms with Gasteiger partial charge in [-0.05, 0) is 42.5 Å². The second kappa shape index (κ2) is 5.92. The average Bonchev–Trinajstić information content (AvgIpc) is 3.01. The number of carboxylic acid groups (broad SMARTS) is 1. The Morgan fingerprint density at radius 1 is 1.17 bits per heavy atom. The standard InChI is InChI=1S/C17H13FN2O3/c1-23-14-4-2-3-13(9-14)20-16(10-15(19-20)17(21)22)11-5-7-12(18)8-6-11/h2-10H,1H3,(H,21,22). The summed E-state index contributed by atoms with van der Waals surface area (Å²) < 4.78 is 19.8. The lowest BCUT2D eigenvalue weighted by molar-refractivity contribution is 0.0690. The van der Waals surface area contributed by atoms with Gasteiger partial charge in [0.15, 0.2) is 5.69 Å². The first kappa shape index (κ1) is 14.8. The molecule has 23 heavy (non-hydrogen) atoms. The van der Waals surface area contributed by atoms with Crippen LogP contribution < -0.4 is 4.74 Å². The molecule has 1 N–H and O–H groups in total. The van der Waals surface area contributed by atoms with Crippen LogP contribution in [0.25, 0.3) is 16.9 Å². The molecule has 0 aliphatic rings. The highest BCUT2D eigenvalue weighted by molar-refractivity contribution is 5.87. The highest BCUT2D eigenvalue weighted by atomic mass is 19.1. The Balaban J connectivity index is 2.18. The van der Waals surface area contributed by atoms with Gasteiger partial charge in [-0.3, -0.25) is 0 Å². The van der Waals surface area contributed by atoms with Crippen LogP contribution in [0.2, 0.25) is 0 Å². The van der Waals surface area contributed by atoms with Gasteiger partial charge in [0.25, 0.3) is 0 Å². The molecule has 3 rings (SSSR count). The molecular weight excluding hydrogens is 299 g/mol. The second-order valence-electron chi connectivity index (χ2n) is 4.84. The summed E-state index contributed by atoms with van der Waals surface area (Å²) in [6, 6.07) is 14.3. The molecule has 1 aromatic heterocycles. The number of carboxylic acids is 1. The second-order valence-corrected chi connectivity index (χ2v) is 4.84. The van der Waals surface area contributed by atoms with Gasteiger partial charge in [-0.15, -0.1) is 0 Å². The molecule has 1 heterocycles. The molecule has 3 aromatic rings. The number of nitrogens with zero attached hydrogens (tertiary/aromatic N) is 2. The van der Waals surface area contributed by atoms with E-state index >= 15 is 0 Å². The van der Waals surface area contributed by atoms with Gasteiger partial charge in [0.2, 0.25) is 0 Å². The molecular formula is C17H13FN2O3. The number of halogens is 1. The van der Waals surface area contributed by atoms with E-state index in [1.807, 2.05) is 0 Å². The number of aromatic carboxylic acids is 1. The quantitative estimate of drug-likeness (QED) is 0.802. The van der Waals surface area contributed by atoms with Gasteiger partial charge in [0.1, 0.15) is 11.6 Å². The maximum atomic E-state index is 13.1. The first-order chi connectivity index (χ1) is 11.1. The van der Waals surface area contributed by atoms with Crippen molar-refractivity contribution in [1.82, 2.24) is 9.78 Å². The van der Waals surface area contributed by atoms with Crippen LogP contribution in [0.3, 0.4) is 0 Å². The maximum absolute atomic E-state index is 13.1. The molecule has 0 fully saturated rings. The zero-order valence-electron chi connectivity index (χ0n) is 12.2. The van der Waals surface area contributed by atoms with Crippen LogP contribution in [0.15, 0.2) is 54.6 Å². The van der Waals surface area contributed by atoms with E-state index < -0.39 is 5.97 Å². The minimum atomic E-state index is -1.13. The van der Waals surface area contributed by atoms with Gasteiger partial charge in [-0.1, -0.05) is 6.07 Å². The fraction of sp³-hybridized carbons (Fsp3) is 0.0588. The van der Waals surface area contributed by atoms with Gasteiger partial charge in [0, 0.05) is 11.6 Å². The molecule has 0 aliphatic heterocycles. The van der Waals surface area contributed by atoms with Gasteiger partial charge in [0.05, 0.1) is 18.5 Å². The summed E-state index contributed by atoms with van der Waals surface area (Å²) in [6.45, 7) is 0. The van der Waals surface area contributed by atoms with Crippen molar-refractivity contribution < 1.29 is 19.0 Å². The van der Waals surface area contributed by atoms with Crippen LogP contribution >= 0.6 is 0 Å². The van der Waals surface area contributed by atoms with Crippen LogP contribution in [0.1, 0.15) is 10.5 Å². The largest absolute Gasteiger partial charge is 0.497 e. The summed E-state index contributed by atoms with van der Waals surface area (Å²) >= 11 is 0. The van der Waals surface area contributed by atoms with E-state index in [2.05, 4.69) is 5.10 Å². The number of carbonyl (C=O) groups is 1. The number of benzene rings is 2. The minimum Gasteiger partial charge on any atom is -0.497 e. The smallest absolute Gasteiger partial charge is 0.356 e. The number of rotatable bonds is 4. The lowest BCUT2D eigenvalue weighted by atomic mass is 10.1. The number of hydrogen-bond donors (Lipinski definition) is 1. The maximum Gasteiger partial charge on any atom is 0.356 e. The first-order valence-electron chi connectivity index (χ1n) is 6.82. The molecule has 0 unspecified atom stereocenters. The van der Waals surface area contributed by atoms with Crippen LogP contribution in [-0.2, 0) is 0 Å². The van der Waals surface area contributed by atoms with Crippen molar-refractivity contribution in [2.24, 2.45) is 0 Å². The molecule has 0 radical (unpaired) electrons. The Morgan fingerprint density at radius 2 is 1.91 bits per heavy atom. The molecule has 0 aliphatic carbocycles. The lowest BCUT2D eigenvalue weighted by Crippen LogP contribution is -2.02. The summed E-state index contributed by atoms with van der Waals surface area (Å²) in [6.07, 6.45) is 0. The Kier molecular flexibility index (Phi) is 3.80. The molecule has 0 atom stereocenters. The SMILES string of the molecule is COc1cccc(-n2nc(C(=O)O)cc2-c2ccc(F)cc2)c1. The highest BCUT2D eigenvalue weighted by Crippen LogP contribution is 2.26. The van der Waals surface area contributed by atoms with Crippen molar-refractivity contribution in [2.75, 3.05) is 7.11 Å². The van der Waals surface area contributed by atoms with Crippen LogP contribution in [-0.4, -0.2) is 28.0 Å². The third-order valence-electron chi connectivity index (χ3n) is 3.37. The number of aromatic nitrogens is 2.